The van der Waals surface area contributed by atoms with Gasteiger partial charge in [-0.2, -0.15) is 0 Å². The third-order valence-electron chi connectivity index (χ3n) is 19.0. The maximum atomic E-state index is 15.7. The highest BCUT2D eigenvalue weighted by atomic mass is 16.6. The van der Waals surface area contributed by atoms with Crippen molar-refractivity contribution in [1.29, 1.82) is 0 Å². The molecular formula is C64H82N2O12. The van der Waals surface area contributed by atoms with Gasteiger partial charge in [0.2, 0.25) is 0 Å². The van der Waals surface area contributed by atoms with Crippen LogP contribution >= 0.6 is 0 Å². The van der Waals surface area contributed by atoms with Crippen molar-refractivity contribution in [2.45, 2.75) is 195 Å². The molecule has 0 saturated heterocycles. The van der Waals surface area contributed by atoms with Crippen LogP contribution in [0.3, 0.4) is 0 Å². The summed E-state index contributed by atoms with van der Waals surface area (Å²) in [6.07, 6.45) is 8.27. The highest BCUT2D eigenvalue weighted by molar-refractivity contribution is 5.89. The predicted molar refractivity (Wildman–Crippen MR) is 295 cm³/mol. The first-order valence-corrected chi connectivity index (χ1v) is 29.3. The van der Waals surface area contributed by atoms with Crippen molar-refractivity contribution in [2.24, 2.45) is 23.7 Å². The highest BCUT2D eigenvalue weighted by Crippen LogP contribution is 2.56. The van der Waals surface area contributed by atoms with E-state index in [0.717, 1.165) is 75.3 Å². The number of aliphatic hydroxyl groups excluding tert-OH is 3. The van der Waals surface area contributed by atoms with Crippen LogP contribution in [0.1, 0.15) is 179 Å². The van der Waals surface area contributed by atoms with Crippen LogP contribution in [0, 0.1) is 35.5 Å². The summed E-state index contributed by atoms with van der Waals surface area (Å²) in [4.78, 5) is 43.7. The average Bonchev–Trinajstić information content (AvgIpc) is 4.07. The monoisotopic (exact) mass is 1070 g/mol. The van der Waals surface area contributed by atoms with Gasteiger partial charge in [0.05, 0.1) is 37.3 Å². The first-order valence-electron chi connectivity index (χ1n) is 29.3. The summed E-state index contributed by atoms with van der Waals surface area (Å²) < 4.78 is 19.1. The Morgan fingerprint density at radius 1 is 0.872 bits per heavy atom. The van der Waals surface area contributed by atoms with Gasteiger partial charge in [-0.25, -0.2) is 4.79 Å². The lowest BCUT2D eigenvalue weighted by Gasteiger charge is -2.56. The second kappa shape index (κ2) is 23.9. The minimum atomic E-state index is -1.65. The zero-order valence-electron chi connectivity index (χ0n) is 45.8. The van der Waals surface area contributed by atoms with Gasteiger partial charge in [-0.3, -0.25) is 9.59 Å². The van der Waals surface area contributed by atoms with Crippen LogP contribution in [-0.2, 0) is 43.1 Å². The van der Waals surface area contributed by atoms with Gasteiger partial charge in [0.1, 0.15) is 40.7 Å². The van der Waals surface area contributed by atoms with Crippen LogP contribution in [-0.4, -0.2) is 111 Å². The molecule has 12 atom stereocenters. The molecule has 3 aromatic carbocycles. The number of ketones is 1. The van der Waals surface area contributed by atoms with E-state index < -0.39 is 65.3 Å². The van der Waals surface area contributed by atoms with Gasteiger partial charge in [-0.05, 0) is 148 Å². The van der Waals surface area contributed by atoms with Crippen molar-refractivity contribution >= 4 is 23.4 Å². The third-order valence-corrected chi connectivity index (χ3v) is 19.0. The second-order valence-electron chi connectivity index (χ2n) is 24.3. The summed E-state index contributed by atoms with van der Waals surface area (Å²) >= 11 is 0. The number of likely N-dealkylation sites (N-methyl/N-ethyl adjacent to an activating group) is 1. The van der Waals surface area contributed by atoms with Gasteiger partial charge in [0.15, 0.2) is 0 Å². The van der Waals surface area contributed by atoms with Gasteiger partial charge in [-0.15, -0.1) is 0 Å². The number of rotatable bonds is 13. The van der Waals surface area contributed by atoms with Crippen LogP contribution in [0.25, 0.3) is 0 Å². The van der Waals surface area contributed by atoms with Crippen molar-refractivity contribution in [2.75, 3.05) is 32.1 Å². The summed E-state index contributed by atoms with van der Waals surface area (Å²) in [7, 11) is 1.73. The van der Waals surface area contributed by atoms with Crippen LogP contribution < -0.4 is 15.4 Å². The molecule has 420 valence electrons. The van der Waals surface area contributed by atoms with E-state index in [2.05, 4.69) is 22.5 Å². The molecule has 3 aromatic rings. The van der Waals surface area contributed by atoms with Crippen LogP contribution in [0.2, 0.25) is 0 Å². The fourth-order valence-corrected chi connectivity index (χ4v) is 14.6. The molecule has 3 heterocycles. The van der Waals surface area contributed by atoms with Crippen molar-refractivity contribution in [1.82, 2.24) is 5.32 Å². The molecule has 3 aliphatic heterocycles. The van der Waals surface area contributed by atoms with E-state index in [0.29, 0.717) is 64.9 Å². The van der Waals surface area contributed by atoms with Crippen molar-refractivity contribution in [3.05, 3.63) is 99.1 Å². The molecule has 8 N–H and O–H groups in total. The molecule has 12 unspecified atom stereocenters. The predicted octanol–water partition coefficient (Wildman–Crippen LogP) is 8.06. The van der Waals surface area contributed by atoms with Crippen molar-refractivity contribution in [3.8, 4) is 23.3 Å². The molecule has 10 rings (SSSR count). The number of ether oxygens (including phenoxy) is 3. The Morgan fingerprint density at radius 2 is 1.62 bits per heavy atom. The Labute approximate surface area is 459 Å². The summed E-state index contributed by atoms with van der Waals surface area (Å²) in [6, 6.07) is 15.2. The summed E-state index contributed by atoms with van der Waals surface area (Å²) in [5.74, 6) is 3.11. The van der Waals surface area contributed by atoms with E-state index in [1.807, 2.05) is 49.4 Å². The Balaban J connectivity index is 1.14. The molecule has 14 nitrogen and oxygen atoms in total. The molecule has 78 heavy (non-hydrogen) atoms. The zero-order chi connectivity index (χ0) is 54.9. The fourth-order valence-electron chi connectivity index (χ4n) is 14.6. The number of anilines is 1. The van der Waals surface area contributed by atoms with Crippen molar-refractivity contribution < 1.29 is 59.2 Å². The Kier molecular flexibility index (Phi) is 17.2. The molecule has 10 bridgehead atoms. The molecule has 4 saturated carbocycles. The van der Waals surface area contributed by atoms with Crippen LogP contribution in [0.15, 0.2) is 60.2 Å². The number of phenolic OH excluding ortho intramolecular Hbond substituents is 1. The van der Waals surface area contributed by atoms with Crippen LogP contribution in [0.4, 0.5) is 5.69 Å². The average molecular weight is 1070 g/mol. The van der Waals surface area contributed by atoms with Gasteiger partial charge in [0, 0.05) is 66.6 Å². The number of carbonyl (C=O) groups excluding carboxylic acids is 3. The largest absolute Gasteiger partial charge is 0.507 e. The van der Waals surface area contributed by atoms with Gasteiger partial charge in [-0.1, -0.05) is 87.6 Å². The maximum absolute atomic E-state index is 15.7. The van der Waals surface area contributed by atoms with E-state index >= 15 is 4.79 Å². The number of aliphatic hydroxyl groups is 5. The number of Topliss-reactive ketones (excluding diaryl/α,β-unsaturated/α-hetero) is 1. The van der Waals surface area contributed by atoms with E-state index in [1.54, 1.807) is 20.0 Å². The summed E-state index contributed by atoms with van der Waals surface area (Å²) in [5, 5.41) is 79.8. The molecule has 4 fully saturated rings. The molecule has 0 amide bonds. The van der Waals surface area contributed by atoms with E-state index in [4.69, 9.17) is 14.2 Å². The Hall–Kier alpha value is -5.11. The summed E-state index contributed by atoms with van der Waals surface area (Å²) in [5.41, 5.74) is 1.81. The van der Waals surface area contributed by atoms with Crippen LogP contribution in [0.5, 0.6) is 11.5 Å². The highest BCUT2D eigenvalue weighted by Gasteiger charge is 2.59. The first-order chi connectivity index (χ1) is 37.5. The first kappa shape index (κ1) is 56.2. The maximum Gasteiger partial charge on any atom is 0.334 e. The number of aromatic hydroxyl groups is 1. The minimum absolute atomic E-state index is 0.0361. The number of nitrogens with one attached hydrogen (secondary N) is 2. The van der Waals surface area contributed by atoms with Gasteiger partial charge >= 0.3 is 11.9 Å². The van der Waals surface area contributed by atoms with E-state index in [1.165, 1.54) is 6.08 Å². The number of fused-ring (bicyclic) bond motifs is 7. The molecule has 0 aromatic heterocycles. The molecule has 0 radical (unpaired) electrons. The molecule has 14 heteroatoms. The number of hydrogen-bond acceptors (Lipinski definition) is 14. The number of carbonyl (C=O) groups is 3. The van der Waals surface area contributed by atoms with Gasteiger partial charge in [0.25, 0.3) is 0 Å². The number of phenols is 1. The van der Waals surface area contributed by atoms with Crippen molar-refractivity contribution in [3.63, 3.8) is 0 Å². The van der Waals surface area contributed by atoms with E-state index in [-0.39, 0.29) is 98.7 Å². The quantitative estimate of drug-likeness (QED) is 0.0461. The second-order valence-corrected chi connectivity index (χ2v) is 24.3. The minimum Gasteiger partial charge on any atom is -0.507 e. The smallest absolute Gasteiger partial charge is 0.334 e. The number of esters is 2. The molecule has 7 aliphatic rings. The molecule has 0 spiro atoms. The SMILES string of the molecule is CCC1CCC2C3Cc4cccc(c4)CC(O)C=C4CC(c5cc(NCC(C)(O)C(O)COC6CCCC6)cc(C(O)CNC)c5)C#CC5CC(=O)Oc6c5cc(c(O)c6C5CCCCC5)CC(OC4=O)C1(O)C2CCC3=O. The lowest BCUT2D eigenvalue weighted by atomic mass is 9.53. The number of hydrogen-bond donors (Lipinski definition) is 8. The Morgan fingerprint density at radius 3 is 2.37 bits per heavy atom. The van der Waals surface area contributed by atoms with E-state index in [9.17, 15) is 40.2 Å². The van der Waals surface area contributed by atoms with Gasteiger partial charge < -0.3 is 55.5 Å². The number of benzene rings is 3. The summed E-state index contributed by atoms with van der Waals surface area (Å²) in [6.45, 7) is 3.65. The topological polar surface area (TPSA) is 224 Å². The Bertz CT molecular complexity index is 2780. The molecular weight excluding hydrogens is 989 g/mol. The third kappa shape index (κ3) is 11.9. The zero-order valence-corrected chi connectivity index (χ0v) is 45.8. The standard InChI is InChI=1S/C64H82N2O12/c1-4-46-19-20-50-52-25-38-12-10-11-37(23-38)24-48(67)30-45-26-40(42-27-43(55(69)34-65-3)29-47(28-42)66-36-63(2,74)56(70)35-76-49-15-8-9-16-49)17-18-41-33-58(71)78-61-51(41)31-44(60(72)59(61)39-13-6-5-7-14-39)32-57(77-62(45)73)64(46,75)53(50)21-22-54(52)68/h10-12,23,27-31,39-41,46,48-50,52-53,55-57,65-67,69-70,72,74-75H,4-9,13-16,19-22,24-26,32-36H2,1-3H3. The molecule has 4 aliphatic carbocycles. The lowest BCUT2D eigenvalue weighted by Crippen LogP contribution is -2.63. The normalized spacial score (nSPS) is 30.3. The fraction of sp³-hybridized carbons (Fsp3) is 0.609. The lowest BCUT2D eigenvalue weighted by molar-refractivity contribution is -0.212.